The zero-order valence-electron chi connectivity index (χ0n) is 17.0. The maximum Gasteiger partial charge on any atom is 0.124 e. The summed E-state index contributed by atoms with van der Waals surface area (Å²) in [7, 11) is 0. The van der Waals surface area contributed by atoms with Crippen LogP contribution in [0.3, 0.4) is 0 Å². The van der Waals surface area contributed by atoms with E-state index in [9.17, 15) is 15.3 Å². The Morgan fingerprint density at radius 1 is 0.531 bits per heavy atom. The van der Waals surface area contributed by atoms with Crippen molar-refractivity contribution in [3.05, 3.63) is 91.0 Å². The van der Waals surface area contributed by atoms with Crippen molar-refractivity contribution in [3.63, 3.8) is 0 Å². The molecule has 0 amide bonds. The number of hydrogen-bond acceptors (Lipinski definition) is 3. The molecule has 154 valence electrons. The van der Waals surface area contributed by atoms with E-state index < -0.39 is 0 Å². The van der Waals surface area contributed by atoms with Gasteiger partial charge in [0.2, 0.25) is 0 Å². The fraction of sp³-hybridized carbons (Fsp3) is 0. The molecule has 5 aromatic carbocycles. The molecule has 4 nitrogen and oxygen atoms in total. The van der Waals surface area contributed by atoms with E-state index in [1.165, 1.54) is 0 Å². The summed E-state index contributed by atoms with van der Waals surface area (Å²) >= 11 is 0. The van der Waals surface area contributed by atoms with Gasteiger partial charge in [-0.15, -0.1) is 0 Å². The number of hydrogen-bond donors (Lipinski definition) is 4. The van der Waals surface area contributed by atoms with Gasteiger partial charge in [-0.2, -0.15) is 0 Å². The molecule has 6 aromatic rings. The second-order valence-corrected chi connectivity index (χ2v) is 8.00. The lowest BCUT2D eigenvalue weighted by Gasteiger charge is -2.13. The van der Waals surface area contributed by atoms with Gasteiger partial charge in [-0.25, -0.2) is 0 Å². The summed E-state index contributed by atoms with van der Waals surface area (Å²) in [5.41, 5.74) is 5.01. The van der Waals surface area contributed by atoms with Gasteiger partial charge in [0.05, 0.1) is 0 Å². The molecule has 0 saturated heterocycles. The van der Waals surface area contributed by atoms with Crippen LogP contribution in [0, 0.1) is 0 Å². The summed E-state index contributed by atoms with van der Waals surface area (Å²) in [6.45, 7) is 0. The predicted molar refractivity (Wildman–Crippen MR) is 129 cm³/mol. The molecule has 1 aromatic heterocycles. The summed E-state index contributed by atoms with van der Waals surface area (Å²) < 4.78 is 0. The lowest BCUT2D eigenvalue weighted by molar-refractivity contribution is 0.470. The number of phenolic OH excluding ortho intramolecular Hbond substituents is 3. The minimum atomic E-state index is 0.111. The maximum atomic E-state index is 11.0. The van der Waals surface area contributed by atoms with E-state index in [0.717, 1.165) is 43.7 Å². The molecule has 0 spiro atoms. The largest absolute Gasteiger partial charge is 0.508 e. The fourth-order valence-electron chi connectivity index (χ4n) is 4.59. The number of H-pyrrole nitrogens is 1. The van der Waals surface area contributed by atoms with Crippen molar-refractivity contribution in [2.75, 3.05) is 0 Å². The zero-order valence-corrected chi connectivity index (χ0v) is 17.0. The fourth-order valence-corrected chi connectivity index (χ4v) is 4.59. The van der Waals surface area contributed by atoms with Crippen molar-refractivity contribution in [2.45, 2.75) is 0 Å². The third-order valence-electron chi connectivity index (χ3n) is 6.10. The predicted octanol–water partition coefficient (Wildman–Crippen LogP) is 6.93. The number of phenols is 3. The Labute approximate surface area is 183 Å². The van der Waals surface area contributed by atoms with E-state index in [2.05, 4.69) is 11.1 Å². The van der Waals surface area contributed by atoms with Gasteiger partial charge >= 0.3 is 0 Å². The first-order valence-electron chi connectivity index (χ1n) is 10.4. The minimum Gasteiger partial charge on any atom is -0.508 e. The SMILES string of the molecule is Oc1ccc(-c2ccc3[nH]c4ccc(O)c(-c5c(O)ccc6ccccc56)c4c3c2)cc1. The molecular formula is C28H19NO3. The van der Waals surface area contributed by atoms with Gasteiger partial charge < -0.3 is 20.3 Å². The first kappa shape index (κ1) is 18.3. The van der Waals surface area contributed by atoms with Crippen LogP contribution >= 0.6 is 0 Å². The normalized spacial score (nSPS) is 11.5. The van der Waals surface area contributed by atoms with Crippen molar-refractivity contribution < 1.29 is 15.3 Å². The number of aromatic hydroxyl groups is 3. The average molecular weight is 417 g/mol. The van der Waals surface area contributed by atoms with E-state index in [1.54, 1.807) is 24.3 Å². The molecule has 4 heteroatoms. The number of benzene rings is 5. The minimum absolute atomic E-state index is 0.111. The highest BCUT2D eigenvalue weighted by atomic mass is 16.3. The van der Waals surface area contributed by atoms with Crippen molar-refractivity contribution in [1.82, 2.24) is 4.98 Å². The molecule has 0 fully saturated rings. The Morgan fingerprint density at radius 3 is 2.06 bits per heavy atom. The molecule has 0 unspecified atom stereocenters. The highest BCUT2D eigenvalue weighted by Crippen LogP contribution is 2.47. The molecular weight excluding hydrogens is 398 g/mol. The highest BCUT2D eigenvalue weighted by Gasteiger charge is 2.20. The van der Waals surface area contributed by atoms with Gasteiger partial charge in [-0.05, 0) is 64.4 Å². The van der Waals surface area contributed by atoms with Crippen LogP contribution in [0.15, 0.2) is 91.0 Å². The van der Waals surface area contributed by atoms with Gasteiger partial charge in [0.25, 0.3) is 0 Å². The third-order valence-corrected chi connectivity index (χ3v) is 6.10. The Hall–Kier alpha value is -4.44. The van der Waals surface area contributed by atoms with Gasteiger partial charge in [0.15, 0.2) is 0 Å². The van der Waals surface area contributed by atoms with Crippen LogP contribution in [0.2, 0.25) is 0 Å². The first-order valence-corrected chi connectivity index (χ1v) is 10.4. The number of fused-ring (bicyclic) bond motifs is 4. The molecule has 6 rings (SSSR count). The summed E-state index contributed by atoms with van der Waals surface area (Å²) in [4.78, 5) is 3.44. The number of nitrogens with one attached hydrogen (secondary N) is 1. The molecule has 4 N–H and O–H groups in total. The topological polar surface area (TPSA) is 76.5 Å². The standard InChI is InChI=1S/C28H19NO3/c30-19-9-5-16(6-10-19)18-7-11-22-21(15-18)26-23(29-22)12-14-25(32)28(26)27-20-4-2-1-3-17(20)8-13-24(27)31/h1-15,29-32H. The van der Waals surface area contributed by atoms with Crippen LogP contribution in [0.5, 0.6) is 17.2 Å². The molecule has 0 aliphatic rings. The van der Waals surface area contributed by atoms with Crippen molar-refractivity contribution in [3.8, 4) is 39.5 Å². The molecule has 32 heavy (non-hydrogen) atoms. The summed E-state index contributed by atoms with van der Waals surface area (Å²) in [6.07, 6.45) is 0. The van der Waals surface area contributed by atoms with Crippen LogP contribution < -0.4 is 0 Å². The zero-order chi connectivity index (χ0) is 21.8. The van der Waals surface area contributed by atoms with Crippen molar-refractivity contribution in [1.29, 1.82) is 0 Å². The van der Waals surface area contributed by atoms with Gasteiger partial charge in [0.1, 0.15) is 17.2 Å². The lowest BCUT2D eigenvalue weighted by Crippen LogP contribution is -1.86. The first-order chi connectivity index (χ1) is 15.6. The number of aromatic amines is 1. The average Bonchev–Trinajstić information content (AvgIpc) is 3.18. The van der Waals surface area contributed by atoms with E-state index in [-0.39, 0.29) is 17.2 Å². The summed E-state index contributed by atoms with van der Waals surface area (Å²) in [5.74, 6) is 0.455. The molecule has 0 aliphatic heterocycles. The van der Waals surface area contributed by atoms with Crippen LogP contribution in [0.4, 0.5) is 0 Å². The second kappa shape index (κ2) is 6.79. The van der Waals surface area contributed by atoms with E-state index in [1.807, 2.05) is 60.7 Å². The third kappa shape index (κ3) is 2.70. The molecule has 0 aliphatic carbocycles. The van der Waals surface area contributed by atoms with E-state index in [4.69, 9.17) is 0 Å². The van der Waals surface area contributed by atoms with Crippen LogP contribution in [0.1, 0.15) is 0 Å². The van der Waals surface area contributed by atoms with Crippen molar-refractivity contribution >= 4 is 32.6 Å². The molecule has 0 bridgehead atoms. The second-order valence-electron chi connectivity index (χ2n) is 8.00. The van der Waals surface area contributed by atoms with Crippen LogP contribution in [-0.2, 0) is 0 Å². The Morgan fingerprint density at radius 2 is 1.22 bits per heavy atom. The molecule has 0 atom stereocenters. The Bertz CT molecular complexity index is 1650. The number of aromatic nitrogens is 1. The maximum absolute atomic E-state index is 11.0. The number of rotatable bonds is 2. The summed E-state index contributed by atoms with van der Waals surface area (Å²) in [6, 6.07) is 28.1. The van der Waals surface area contributed by atoms with Gasteiger partial charge in [0, 0.05) is 32.9 Å². The van der Waals surface area contributed by atoms with E-state index >= 15 is 0 Å². The lowest BCUT2D eigenvalue weighted by atomic mass is 9.92. The van der Waals surface area contributed by atoms with Crippen LogP contribution in [-0.4, -0.2) is 20.3 Å². The van der Waals surface area contributed by atoms with Crippen molar-refractivity contribution in [2.24, 2.45) is 0 Å². The molecule has 0 saturated carbocycles. The van der Waals surface area contributed by atoms with E-state index in [0.29, 0.717) is 11.1 Å². The smallest absolute Gasteiger partial charge is 0.124 e. The summed E-state index contributed by atoms with van der Waals surface area (Å²) in [5, 5.41) is 35.2. The Kier molecular flexibility index (Phi) is 3.89. The Balaban J connectivity index is 1.72. The quantitative estimate of drug-likeness (QED) is 0.247. The highest BCUT2D eigenvalue weighted by molar-refractivity contribution is 6.19. The van der Waals surface area contributed by atoms with Gasteiger partial charge in [-0.1, -0.05) is 48.5 Å². The monoisotopic (exact) mass is 417 g/mol. The van der Waals surface area contributed by atoms with Gasteiger partial charge in [-0.3, -0.25) is 0 Å². The molecule has 0 radical (unpaired) electrons. The van der Waals surface area contributed by atoms with Crippen LogP contribution in [0.25, 0.3) is 54.8 Å². The molecule has 1 heterocycles.